The molecule has 0 saturated carbocycles. The second-order valence-corrected chi connectivity index (χ2v) is 6.08. The lowest BCUT2D eigenvalue weighted by Crippen LogP contribution is -2.43. The molecule has 4 nitrogen and oxygen atoms in total. The number of anilines is 1. The van der Waals surface area contributed by atoms with E-state index in [0.717, 1.165) is 12.1 Å². The van der Waals surface area contributed by atoms with Gasteiger partial charge in [-0.05, 0) is 24.0 Å². The monoisotopic (exact) mass is 312 g/mol. The summed E-state index contributed by atoms with van der Waals surface area (Å²) in [5.74, 6) is -2.89. The van der Waals surface area contributed by atoms with Crippen LogP contribution >= 0.6 is 0 Å². The summed E-state index contributed by atoms with van der Waals surface area (Å²) in [5.41, 5.74) is -0.214. The maximum atomic E-state index is 13.5. The number of nitrogens with zero attached hydrogens (tertiary/aromatic N) is 1. The van der Waals surface area contributed by atoms with Gasteiger partial charge in [-0.3, -0.25) is 9.59 Å². The lowest BCUT2D eigenvalue weighted by molar-refractivity contribution is -0.143. The Labute approximate surface area is 129 Å². The van der Waals surface area contributed by atoms with Crippen molar-refractivity contribution >= 4 is 17.5 Å². The van der Waals surface area contributed by atoms with E-state index in [1.165, 1.54) is 4.90 Å². The van der Waals surface area contributed by atoms with Gasteiger partial charge in [-0.25, -0.2) is 8.78 Å². The molecule has 1 aromatic rings. The standard InChI is InChI=1S/C16H22F2N2O2/c1-10(2)8-20(9-11(3)4)16(22)15(21)19-14-6-5-12(17)7-13(14)18/h5-7,10-11H,8-9H2,1-4H3,(H,19,21). The van der Waals surface area contributed by atoms with Crippen molar-refractivity contribution < 1.29 is 18.4 Å². The minimum Gasteiger partial charge on any atom is -0.334 e. The highest BCUT2D eigenvalue weighted by Crippen LogP contribution is 2.15. The fourth-order valence-corrected chi connectivity index (χ4v) is 2.03. The molecule has 0 bridgehead atoms. The number of nitrogens with one attached hydrogen (secondary N) is 1. The molecule has 0 heterocycles. The summed E-state index contributed by atoms with van der Waals surface area (Å²) in [4.78, 5) is 25.7. The molecule has 6 heteroatoms. The van der Waals surface area contributed by atoms with Crippen LogP contribution in [-0.2, 0) is 9.59 Å². The highest BCUT2D eigenvalue weighted by atomic mass is 19.1. The Hall–Kier alpha value is -1.98. The molecule has 0 aliphatic heterocycles. The van der Waals surface area contributed by atoms with Crippen LogP contribution in [0.4, 0.5) is 14.5 Å². The van der Waals surface area contributed by atoms with Gasteiger partial charge in [-0.15, -0.1) is 0 Å². The van der Waals surface area contributed by atoms with E-state index < -0.39 is 23.4 Å². The molecule has 1 rings (SSSR count). The zero-order valence-corrected chi connectivity index (χ0v) is 13.3. The first-order valence-electron chi connectivity index (χ1n) is 7.26. The SMILES string of the molecule is CC(C)CN(CC(C)C)C(=O)C(=O)Nc1ccc(F)cc1F. The molecule has 0 unspecified atom stereocenters. The fraction of sp³-hybridized carbons (Fsp3) is 0.500. The minimum atomic E-state index is -0.924. The van der Waals surface area contributed by atoms with Crippen LogP contribution in [0.3, 0.4) is 0 Å². The van der Waals surface area contributed by atoms with E-state index >= 15 is 0 Å². The first kappa shape index (κ1) is 18.1. The normalized spacial score (nSPS) is 10.9. The third kappa shape index (κ3) is 5.42. The predicted molar refractivity (Wildman–Crippen MR) is 81.2 cm³/mol. The van der Waals surface area contributed by atoms with Crippen molar-refractivity contribution in [1.82, 2.24) is 4.90 Å². The summed E-state index contributed by atoms with van der Waals surface area (Å²) in [6.45, 7) is 8.65. The van der Waals surface area contributed by atoms with Crippen molar-refractivity contribution in [2.75, 3.05) is 18.4 Å². The van der Waals surface area contributed by atoms with Gasteiger partial charge in [0.25, 0.3) is 0 Å². The molecule has 0 spiro atoms. The van der Waals surface area contributed by atoms with Crippen LogP contribution in [0.15, 0.2) is 18.2 Å². The molecular weight excluding hydrogens is 290 g/mol. The number of hydrogen-bond donors (Lipinski definition) is 1. The Balaban J connectivity index is 2.82. The van der Waals surface area contributed by atoms with Crippen LogP contribution < -0.4 is 5.32 Å². The van der Waals surface area contributed by atoms with Crippen molar-refractivity contribution in [3.05, 3.63) is 29.8 Å². The van der Waals surface area contributed by atoms with Gasteiger partial charge in [0.2, 0.25) is 0 Å². The van der Waals surface area contributed by atoms with Crippen LogP contribution in [0.2, 0.25) is 0 Å². The van der Waals surface area contributed by atoms with E-state index in [1.807, 2.05) is 27.7 Å². The molecule has 0 aliphatic rings. The third-order valence-electron chi connectivity index (χ3n) is 2.83. The summed E-state index contributed by atoms with van der Waals surface area (Å²) in [6, 6.07) is 2.76. The average molecular weight is 312 g/mol. The number of carbonyl (C=O) groups is 2. The number of halogens is 2. The minimum absolute atomic E-state index is 0.207. The van der Waals surface area contributed by atoms with Gasteiger partial charge in [-0.1, -0.05) is 27.7 Å². The van der Waals surface area contributed by atoms with Crippen molar-refractivity contribution in [2.24, 2.45) is 11.8 Å². The molecule has 122 valence electrons. The lowest BCUT2D eigenvalue weighted by Gasteiger charge is -2.25. The Kier molecular flexibility index (Phi) is 6.46. The fourth-order valence-electron chi connectivity index (χ4n) is 2.03. The largest absolute Gasteiger partial charge is 0.334 e. The second-order valence-electron chi connectivity index (χ2n) is 6.08. The quantitative estimate of drug-likeness (QED) is 0.850. The van der Waals surface area contributed by atoms with E-state index in [9.17, 15) is 18.4 Å². The van der Waals surface area contributed by atoms with Crippen molar-refractivity contribution in [3.8, 4) is 0 Å². The number of benzene rings is 1. The van der Waals surface area contributed by atoms with Gasteiger partial charge < -0.3 is 10.2 Å². The number of carbonyl (C=O) groups excluding carboxylic acids is 2. The molecule has 2 amide bonds. The van der Waals surface area contributed by atoms with Gasteiger partial charge in [-0.2, -0.15) is 0 Å². The van der Waals surface area contributed by atoms with Crippen molar-refractivity contribution in [3.63, 3.8) is 0 Å². The van der Waals surface area contributed by atoms with Crippen molar-refractivity contribution in [1.29, 1.82) is 0 Å². The average Bonchev–Trinajstić information content (AvgIpc) is 2.39. The Morgan fingerprint density at radius 1 is 1.09 bits per heavy atom. The van der Waals surface area contributed by atoms with E-state index in [0.29, 0.717) is 19.2 Å². The van der Waals surface area contributed by atoms with Crippen LogP contribution in [-0.4, -0.2) is 29.8 Å². The Bertz CT molecular complexity index is 535. The van der Waals surface area contributed by atoms with E-state index in [-0.39, 0.29) is 17.5 Å². The van der Waals surface area contributed by atoms with E-state index in [1.54, 1.807) is 0 Å². The molecule has 0 saturated heterocycles. The van der Waals surface area contributed by atoms with Crippen molar-refractivity contribution in [2.45, 2.75) is 27.7 Å². The van der Waals surface area contributed by atoms with E-state index in [4.69, 9.17) is 0 Å². The summed E-state index contributed by atoms with van der Waals surface area (Å²) >= 11 is 0. The topological polar surface area (TPSA) is 49.4 Å². The number of amides is 2. The molecule has 22 heavy (non-hydrogen) atoms. The molecule has 1 aromatic carbocycles. The third-order valence-corrected chi connectivity index (χ3v) is 2.83. The molecule has 0 radical (unpaired) electrons. The molecule has 0 fully saturated rings. The van der Waals surface area contributed by atoms with Crippen LogP contribution in [0, 0.1) is 23.5 Å². The summed E-state index contributed by atoms with van der Waals surface area (Å²) in [6.07, 6.45) is 0. The zero-order valence-electron chi connectivity index (χ0n) is 13.3. The van der Waals surface area contributed by atoms with Gasteiger partial charge >= 0.3 is 11.8 Å². The Morgan fingerprint density at radius 2 is 1.64 bits per heavy atom. The van der Waals surface area contributed by atoms with Gasteiger partial charge in [0.1, 0.15) is 11.6 Å². The molecule has 1 N–H and O–H groups in total. The smallest absolute Gasteiger partial charge is 0.313 e. The molecular formula is C16H22F2N2O2. The highest BCUT2D eigenvalue weighted by molar-refractivity contribution is 6.39. The van der Waals surface area contributed by atoms with Gasteiger partial charge in [0.05, 0.1) is 5.69 Å². The molecule has 0 aromatic heterocycles. The number of rotatable bonds is 5. The second kappa shape index (κ2) is 7.87. The van der Waals surface area contributed by atoms with Crippen LogP contribution in [0.1, 0.15) is 27.7 Å². The Morgan fingerprint density at radius 3 is 2.09 bits per heavy atom. The first-order valence-corrected chi connectivity index (χ1v) is 7.26. The summed E-state index contributed by atoms with van der Waals surface area (Å²) in [7, 11) is 0. The maximum absolute atomic E-state index is 13.5. The van der Waals surface area contributed by atoms with Crippen LogP contribution in [0.25, 0.3) is 0 Å². The zero-order chi connectivity index (χ0) is 16.9. The molecule has 0 atom stereocenters. The number of hydrogen-bond acceptors (Lipinski definition) is 2. The van der Waals surface area contributed by atoms with Gasteiger partial charge in [0.15, 0.2) is 0 Å². The highest BCUT2D eigenvalue weighted by Gasteiger charge is 2.24. The van der Waals surface area contributed by atoms with Gasteiger partial charge in [0, 0.05) is 19.2 Å². The van der Waals surface area contributed by atoms with E-state index in [2.05, 4.69) is 5.32 Å². The first-order chi connectivity index (χ1) is 10.2. The maximum Gasteiger partial charge on any atom is 0.313 e. The summed E-state index contributed by atoms with van der Waals surface area (Å²) < 4.78 is 26.3. The predicted octanol–water partition coefficient (Wildman–Crippen LogP) is 3.04. The summed E-state index contributed by atoms with van der Waals surface area (Å²) in [5, 5.41) is 2.19. The lowest BCUT2D eigenvalue weighted by atomic mass is 10.1. The molecule has 0 aliphatic carbocycles. The van der Waals surface area contributed by atoms with Crippen LogP contribution in [0.5, 0.6) is 0 Å².